The van der Waals surface area contributed by atoms with Gasteiger partial charge in [0.2, 0.25) is 0 Å². The summed E-state index contributed by atoms with van der Waals surface area (Å²) < 4.78 is 0. The molecule has 18 heavy (non-hydrogen) atoms. The zero-order valence-electron chi connectivity index (χ0n) is 10.0. The quantitative estimate of drug-likeness (QED) is 0.635. The maximum Gasteiger partial charge on any atom is 0.336 e. The van der Waals surface area contributed by atoms with Gasteiger partial charge >= 0.3 is 5.97 Å². The highest BCUT2D eigenvalue weighted by Crippen LogP contribution is 2.18. The number of rotatable bonds is 5. The van der Waals surface area contributed by atoms with Crippen LogP contribution < -0.4 is 0 Å². The van der Waals surface area contributed by atoms with Gasteiger partial charge in [-0.1, -0.05) is 6.92 Å². The molecule has 0 aliphatic carbocycles. The van der Waals surface area contributed by atoms with Gasteiger partial charge in [0.15, 0.2) is 17.9 Å². The minimum Gasteiger partial charge on any atom is -0.478 e. The molecule has 0 fully saturated rings. The highest BCUT2D eigenvalue weighted by atomic mass is 16.4. The molecular weight excluding hydrogens is 236 g/mol. The summed E-state index contributed by atoms with van der Waals surface area (Å²) in [6.07, 6.45) is 0.587. The third-order valence-corrected chi connectivity index (χ3v) is 2.55. The van der Waals surface area contributed by atoms with Crippen molar-refractivity contribution < 1.29 is 24.3 Å². The van der Waals surface area contributed by atoms with E-state index in [1.807, 2.05) is 0 Å². The second-order valence-electron chi connectivity index (χ2n) is 3.74. The number of Topliss-reactive ketones (excluding diaryl/α,β-unsaturated/α-hetero) is 2. The van der Waals surface area contributed by atoms with Crippen LogP contribution in [0.3, 0.4) is 0 Å². The molecule has 0 spiro atoms. The molecular formula is C13H12O5. The minimum atomic E-state index is -1.31. The summed E-state index contributed by atoms with van der Waals surface area (Å²) in [6, 6.07) is 2.25. The highest BCUT2D eigenvalue weighted by Gasteiger charge is 2.19. The Balaban J connectivity index is 3.61. The Kier molecular flexibility index (Phi) is 4.09. The van der Waals surface area contributed by atoms with Crippen LogP contribution in [0, 0.1) is 0 Å². The SMILES string of the molecule is CCC(=O)c1cc(C(C)=O)c(C(=O)O)cc1C=O. The number of hydrogen-bond donors (Lipinski definition) is 1. The van der Waals surface area contributed by atoms with Crippen molar-refractivity contribution in [3.05, 3.63) is 34.4 Å². The predicted molar refractivity (Wildman–Crippen MR) is 63.4 cm³/mol. The number of benzene rings is 1. The molecule has 5 nitrogen and oxygen atoms in total. The molecule has 1 N–H and O–H groups in total. The number of carboxylic acids is 1. The molecule has 0 atom stereocenters. The number of carboxylic acid groups (broad SMARTS) is 1. The van der Waals surface area contributed by atoms with Crippen molar-refractivity contribution in [1.82, 2.24) is 0 Å². The number of carbonyl (C=O) groups excluding carboxylic acids is 3. The molecule has 0 aromatic heterocycles. The van der Waals surface area contributed by atoms with Crippen LogP contribution in [0.1, 0.15) is 61.7 Å². The smallest absolute Gasteiger partial charge is 0.336 e. The predicted octanol–water partition coefficient (Wildman–Crippen LogP) is 1.99. The van der Waals surface area contributed by atoms with Crippen molar-refractivity contribution in [2.24, 2.45) is 0 Å². The Labute approximate surface area is 103 Å². The lowest BCUT2D eigenvalue weighted by Gasteiger charge is -2.08. The summed E-state index contributed by atoms with van der Waals surface area (Å²) in [6.45, 7) is 2.83. The first-order valence-electron chi connectivity index (χ1n) is 5.33. The van der Waals surface area contributed by atoms with Crippen molar-refractivity contribution in [2.75, 3.05) is 0 Å². The molecule has 1 aromatic rings. The van der Waals surface area contributed by atoms with Gasteiger partial charge in [0.05, 0.1) is 5.56 Å². The molecule has 0 aliphatic heterocycles. The lowest BCUT2D eigenvalue weighted by Crippen LogP contribution is -2.11. The molecule has 0 saturated heterocycles. The summed E-state index contributed by atoms with van der Waals surface area (Å²) in [5.74, 6) is -2.08. The first kappa shape index (κ1) is 13.8. The number of ketones is 2. The third-order valence-electron chi connectivity index (χ3n) is 2.55. The fourth-order valence-electron chi connectivity index (χ4n) is 1.61. The van der Waals surface area contributed by atoms with Crippen LogP contribution in [-0.4, -0.2) is 28.9 Å². The minimum absolute atomic E-state index is 0.00995. The van der Waals surface area contributed by atoms with Crippen LogP contribution in [0.2, 0.25) is 0 Å². The van der Waals surface area contributed by atoms with Crippen molar-refractivity contribution in [1.29, 1.82) is 0 Å². The normalized spacial score (nSPS) is 9.89. The average Bonchev–Trinajstić information content (AvgIpc) is 2.35. The molecule has 0 aliphatic rings. The third kappa shape index (κ3) is 2.51. The van der Waals surface area contributed by atoms with Gasteiger partial charge in [-0.15, -0.1) is 0 Å². The molecule has 0 radical (unpaired) electrons. The largest absolute Gasteiger partial charge is 0.478 e. The van der Waals surface area contributed by atoms with Crippen LogP contribution in [0.5, 0.6) is 0 Å². The fraction of sp³-hybridized carbons (Fsp3) is 0.231. The number of hydrogen-bond acceptors (Lipinski definition) is 4. The number of carbonyl (C=O) groups is 4. The Morgan fingerprint density at radius 3 is 2.17 bits per heavy atom. The van der Waals surface area contributed by atoms with Gasteiger partial charge in [0.1, 0.15) is 0 Å². The van der Waals surface area contributed by atoms with Gasteiger partial charge in [0, 0.05) is 23.1 Å². The molecule has 0 unspecified atom stereocenters. The molecule has 0 heterocycles. The van der Waals surface area contributed by atoms with Gasteiger partial charge < -0.3 is 5.11 Å². The monoisotopic (exact) mass is 248 g/mol. The van der Waals surface area contributed by atoms with Crippen LogP contribution in [0.4, 0.5) is 0 Å². The van der Waals surface area contributed by atoms with Crippen molar-refractivity contribution in [2.45, 2.75) is 20.3 Å². The van der Waals surface area contributed by atoms with E-state index in [0.717, 1.165) is 6.07 Å². The van der Waals surface area contributed by atoms with Gasteiger partial charge in [0.25, 0.3) is 0 Å². The van der Waals surface area contributed by atoms with E-state index < -0.39 is 11.8 Å². The number of aromatic carboxylic acids is 1. The zero-order valence-corrected chi connectivity index (χ0v) is 10.0. The average molecular weight is 248 g/mol. The molecule has 1 aromatic carbocycles. The molecule has 5 heteroatoms. The number of aldehydes is 1. The van der Waals surface area contributed by atoms with Crippen LogP contribution >= 0.6 is 0 Å². The maximum atomic E-state index is 11.6. The molecule has 0 amide bonds. The summed E-state index contributed by atoms with van der Waals surface area (Å²) in [7, 11) is 0. The zero-order chi connectivity index (χ0) is 13.9. The fourth-order valence-corrected chi connectivity index (χ4v) is 1.61. The first-order valence-corrected chi connectivity index (χ1v) is 5.33. The van der Waals surface area contributed by atoms with Crippen LogP contribution in [0.15, 0.2) is 12.1 Å². The van der Waals surface area contributed by atoms with E-state index in [0.29, 0.717) is 6.29 Å². The summed E-state index contributed by atoms with van der Waals surface area (Å²) in [5, 5.41) is 8.97. The van der Waals surface area contributed by atoms with Gasteiger partial charge in [-0.3, -0.25) is 14.4 Å². The van der Waals surface area contributed by atoms with E-state index in [-0.39, 0.29) is 34.5 Å². The molecule has 0 saturated carbocycles. The topological polar surface area (TPSA) is 88.5 Å². The summed E-state index contributed by atoms with van der Waals surface area (Å²) in [4.78, 5) is 44.9. The molecule has 94 valence electrons. The van der Waals surface area contributed by atoms with Crippen molar-refractivity contribution >= 4 is 23.8 Å². The van der Waals surface area contributed by atoms with E-state index in [4.69, 9.17) is 5.11 Å². The van der Waals surface area contributed by atoms with E-state index in [2.05, 4.69) is 0 Å². The standard InChI is InChI=1S/C13H12O5/c1-3-12(16)10-5-9(7(2)15)11(13(17)18)4-8(10)6-14/h4-6H,3H2,1-2H3,(H,17,18). The van der Waals surface area contributed by atoms with Gasteiger partial charge in [-0.2, -0.15) is 0 Å². The van der Waals surface area contributed by atoms with Gasteiger partial charge in [-0.25, -0.2) is 4.79 Å². The second-order valence-corrected chi connectivity index (χ2v) is 3.74. The van der Waals surface area contributed by atoms with E-state index in [9.17, 15) is 19.2 Å². The maximum absolute atomic E-state index is 11.6. The summed E-state index contributed by atoms with van der Waals surface area (Å²) >= 11 is 0. The van der Waals surface area contributed by atoms with E-state index >= 15 is 0 Å². The molecule has 1 rings (SSSR count). The Hall–Kier alpha value is -2.30. The van der Waals surface area contributed by atoms with E-state index in [1.54, 1.807) is 6.92 Å². The Bertz CT molecular complexity index is 543. The Morgan fingerprint density at radius 2 is 1.78 bits per heavy atom. The lowest BCUT2D eigenvalue weighted by molar-refractivity contribution is 0.0691. The first-order chi connectivity index (χ1) is 8.42. The van der Waals surface area contributed by atoms with Crippen LogP contribution in [0.25, 0.3) is 0 Å². The van der Waals surface area contributed by atoms with Crippen molar-refractivity contribution in [3.8, 4) is 0 Å². The molecule has 0 bridgehead atoms. The lowest BCUT2D eigenvalue weighted by atomic mass is 9.94. The highest BCUT2D eigenvalue weighted by molar-refractivity contribution is 6.10. The summed E-state index contributed by atoms with van der Waals surface area (Å²) in [5.41, 5.74) is -0.255. The van der Waals surface area contributed by atoms with Crippen molar-refractivity contribution in [3.63, 3.8) is 0 Å². The van der Waals surface area contributed by atoms with E-state index in [1.165, 1.54) is 13.0 Å². The Morgan fingerprint density at radius 1 is 1.17 bits per heavy atom. The van der Waals surface area contributed by atoms with Crippen LogP contribution in [-0.2, 0) is 0 Å². The van der Waals surface area contributed by atoms with Gasteiger partial charge in [-0.05, 0) is 19.1 Å². The second kappa shape index (κ2) is 5.35.